The summed E-state index contributed by atoms with van der Waals surface area (Å²) < 4.78 is 6.55. The molecule has 4 nitrogen and oxygen atoms in total. The van der Waals surface area contributed by atoms with E-state index in [0.717, 1.165) is 27.8 Å². The molecule has 0 unspecified atom stereocenters. The molecule has 5 aromatic rings. The Hall–Kier alpha value is -3.05. The van der Waals surface area contributed by atoms with Gasteiger partial charge < -0.3 is 14.5 Å². The standard InChI is InChI=1S/C27H24NOSi.C5H8O2.Ir/c1-27(2)19-13-14-21(30(3,4)5)26-23(19)22-18(11-8-12-20(22)29-26)25-24(27)17-10-7-6-9-16(17)15-28-25;1-4(6)3-5(2)7;/h6-10,12-15H,1-5H3;3,6H,1-2H3;/q-1;;/b;4-3-;. The van der Waals surface area contributed by atoms with Crippen LogP contribution in [-0.2, 0) is 30.3 Å². The van der Waals surface area contributed by atoms with Gasteiger partial charge in [-0.3, -0.25) is 4.79 Å². The first-order chi connectivity index (χ1) is 17.4. The molecular weight excluding hydrogens is 667 g/mol. The molecule has 6 rings (SSSR count). The number of aliphatic hydroxyl groups excluding tert-OH is 1. The molecule has 0 saturated carbocycles. The van der Waals surface area contributed by atoms with Gasteiger partial charge in [-0.25, -0.2) is 0 Å². The van der Waals surface area contributed by atoms with Crippen LogP contribution in [0.3, 0.4) is 0 Å². The Morgan fingerprint density at radius 3 is 2.39 bits per heavy atom. The van der Waals surface area contributed by atoms with Gasteiger partial charge in [0.05, 0.1) is 19.4 Å². The van der Waals surface area contributed by atoms with Crippen molar-refractivity contribution >= 4 is 51.8 Å². The van der Waals surface area contributed by atoms with Gasteiger partial charge in [0.2, 0.25) is 0 Å². The van der Waals surface area contributed by atoms with E-state index in [1.54, 1.807) is 0 Å². The number of fused-ring (bicyclic) bond motifs is 4. The molecule has 1 aliphatic carbocycles. The predicted molar refractivity (Wildman–Crippen MR) is 155 cm³/mol. The van der Waals surface area contributed by atoms with Gasteiger partial charge in [0.25, 0.3) is 0 Å². The monoisotopic (exact) mass is 699 g/mol. The van der Waals surface area contributed by atoms with Crippen molar-refractivity contribution in [1.29, 1.82) is 0 Å². The molecule has 1 N–H and O–H groups in total. The van der Waals surface area contributed by atoms with Crippen LogP contribution < -0.4 is 5.19 Å². The molecule has 2 heterocycles. The molecule has 1 aliphatic rings. The Morgan fingerprint density at radius 1 is 1.05 bits per heavy atom. The number of ketones is 1. The Kier molecular flexibility index (Phi) is 7.30. The number of carbonyl (C=O) groups excluding carboxylic acids is 1. The number of aliphatic hydroxyl groups is 1. The van der Waals surface area contributed by atoms with Gasteiger partial charge in [0, 0.05) is 37.8 Å². The van der Waals surface area contributed by atoms with E-state index in [1.807, 2.05) is 12.3 Å². The van der Waals surface area contributed by atoms with Crippen LogP contribution in [0.2, 0.25) is 19.6 Å². The van der Waals surface area contributed by atoms with Crippen molar-refractivity contribution in [2.75, 3.05) is 0 Å². The number of nitrogens with zero attached hydrogens (tertiary/aromatic N) is 1. The van der Waals surface area contributed by atoms with Gasteiger partial charge >= 0.3 is 0 Å². The number of rotatable bonds is 2. The Morgan fingerprint density at radius 2 is 1.76 bits per heavy atom. The zero-order chi connectivity index (χ0) is 26.7. The topological polar surface area (TPSA) is 63.3 Å². The van der Waals surface area contributed by atoms with E-state index in [4.69, 9.17) is 14.5 Å². The third kappa shape index (κ3) is 4.55. The van der Waals surface area contributed by atoms with E-state index in [-0.39, 0.29) is 37.1 Å². The molecular formula is C32H32IrNO3Si-. The van der Waals surface area contributed by atoms with Gasteiger partial charge in [-0.05, 0) is 52.0 Å². The van der Waals surface area contributed by atoms with Crippen LogP contribution in [0, 0.1) is 6.07 Å². The Bertz CT molecular complexity index is 1740. The number of pyridine rings is 1. The SMILES string of the molecule is CC(=O)/C=C(/C)O.CC1(C)c2c(ncc3ccccc23)-c2[c-]ccc3oc4c([Si](C)(C)C)ccc1c4c23.[Ir]. The molecule has 1 radical (unpaired) electrons. The molecule has 6 heteroatoms. The largest absolute Gasteiger partial charge is 0.512 e. The average molecular weight is 699 g/mol. The first kappa shape index (κ1) is 28.0. The second-order valence-corrected chi connectivity index (χ2v) is 16.4. The summed E-state index contributed by atoms with van der Waals surface area (Å²) in [4.78, 5) is 15.0. The maximum Gasteiger partial charge on any atom is 0.155 e. The maximum atomic E-state index is 10.0. The van der Waals surface area contributed by atoms with Crippen LogP contribution in [0.1, 0.15) is 38.8 Å². The van der Waals surface area contributed by atoms with Crippen molar-refractivity contribution in [3.05, 3.63) is 83.8 Å². The number of allylic oxidation sites excluding steroid dienone is 2. The van der Waals surface area contributed by atoms with Crippen molar-refractivity contribution in [3.63, 3.8) is 0 Å². The Balaban J connectivity index is 0.000000375. The Labute approximate surface area is 238 Å². The van der Waals surface area contributed by atoms with Crippen LogP contribution in [0.15, 0.2) is 71.0 Å². The fourth-order valence-corrected chi connectivity index (χ4v) is 7.01. The molecule has 0 spiro atoms. The molecule has 0 atom stereocenters. The average Bonchev–Trinajstić information content (AvgIpc) is 3.17. The van der Waals surface area contributed by atoms with Gasteiger partial charge in [-0.2, -0.15) is 0 Å². The third-order valence-electron chi connectivity index (χ3n) is 7.13. The number of aromatic nitrogens is 1. The predicted octanol–water partition coefficient (Wildman–Crippen LogP) is 7.82. The summed E-state index contributed by atoms with van der Waals surface area (Å²) >= 11 is 0. The van der Waals surface area contributed by atoms with Gasteiger partial charge in [-0.1, -0.05) is 81.3 Å². The zero-order valence-corrected chi connectivity index (χ0v) is 26.2. The minimum Gasteiger partial charge on any atom is -0.512 e. The maximum absolute atomic E-state index is 10.0. The molecule has 38 heavy (non-hydrogen) atoms. The van der Waals surface area contributed by atoms with E-state index < -0.39 is 8.07 Å². The molecule has 0 bridgehead atoms. The summed E-state index contributed by atoms with van der Waals surface area (Å²) in [6.45, 7) is 14.7. The fraction of sp³-hybridized carbons (Fsp3) is 0.250. The molecule has 197 valence electrons. The van der Waals surface area contributed by atoms with Crippen LogP contribution in [0.5, 0.6) is 0 Å². The number of furan rings is 1. The van der Waals surface area contributed by atoms with Crippen LogP contribution >= 0.6 is 0 Å². The van der Waals surface area contributed by atoms with Gasteiger partial charge in [0.15, 0.2) is 5.78 Å². The van der Waals surface area contributed by atoms with Crippen LogP contribution in [0.4, 0.5) is 0 Å². The second-order valence-electron chi connectivity index (χ2n) is 11.4. The van der Waals surface area contributed by atoms with Crippen molar-refractivity contribution < 1.29 is 34.4 Å². The summed E-state index contributed by atoms with van der Waals surface area (Å²) in [7, 11) is -1.58. The summed E-state index contributed by atoms with van der Waals surface area (Å²) in [6.07, 6.45) is 3.16. The molecule has 3 aromatic carbocycles. The van der Waals surface area contributed by atoms with Gasteiger partial charge in [0.1, 0.15) is 5.58 Å². The first-order valence-electron chi connectivity index (χ1n) is 12.6. The molecule has 2 aromatic heterocycles. The molecule has 0 aliphatic heterocycles. The minimum atomic E-state index is -1.58. The van der Waals surface area contributed by atoms with E-state index in [9.17, 15) is 4.79 Å². The summed E-state index contributed by atoms with van der Waals surface area (Å²) in [5.74, 6) is -0.0625. The molecule has 0 saturated heterocycles. The summed E-state index contributed by atoms with van der Waals surface area (Å²) in [5.41, 5.74) is 6.46. The van der Waals surface area contributed by atoms with E-state index >= 15 is 0 Å². The van der Waals surface area contributed by atoms with Crippen molar-refractivity contribution in [3.8, 4) is 11.3 Å². The van der Waals surface area contributed by atoms with Crippen molar-refractivity contribution in [2.24, 2.45) is 0 Å². The number of hydrogen-bond acceptors (Lipinski definition) is 4. The number of carbonyl (C=O) groups is 1. The number of hydrogen-bond donors (Lipinski definition) is 1. The summed E-state index contributed by atoms with van der Waals surface area (Å²) in [6, 6.07) is 20.8. The normalized spacial score (nSPS) is 14.0. The third-order valence-corrected chi connectivity index (χ3v) is 9.14. The van der Waals surface area contributed by atoms with Crippen LogP contribution in [0.25, 0.3) is 44.0 Å². The van der Waals surface area contributed by atoms with Crippen molar-refractivity contribution in [1.82, 2.24) is 4.98 Å². The van der Waals surface area contributed by atoms with Crippen molar-refractivity contribution in [2.45, 2.75) is 52.8 Å². The fourth-order valence-electron chi connectivity index (χ4n) is 5.57. The minimum absolute atomic E-state index is 0. The van der Waals surface area contributed by atoms with E-state index in [2.05, 4.69) is 82.0 Å². The van der Waals surface area contributed by atoms with E-state index in [0.29, 0.717) is 0 Å². The second kappa shape index (κ2) is 9.92. The smallest absolute Gasteiger partial charge is 0.155 e. The van der Waals surface area contributed by atoms with Crippen LogP contribution in [-0.4, -0.2) is 23.9 Å². The van der Waals surface area contributed by atoms with E-state index in [1.165, 1.54) is 52.4 Å². The molecule has 0 amide bonds. The van der Waals surface area contributed by atoms with Gasteiger partial charge in [-0.15, -0.1) is 17.7 Å². The first-order valence-corrected chi connectivity index (χ1v) is 16.1. The summed E-state index contributed by atoms with van der Waals surface area (Å²) in [5, 5.41) is 14.6. The molecule has 0 fully saturated rings. The zero-order valence-electron chi connectivity index (χ0n) is 22.8. The number of benzene rings is 3. The quantitative estimate of drug-likeness (QED) is 0.0885.